The Balaban J connectivity index is 2.78. The maximum Gasteiger partial charge on any atom is 0.244 e. The summed E-state index contributed by atoms with van der Waals surface area (Å²) in [6.07, 6.45) is 0. The van der Waals surface area contributed by atoms with Gasteiger partial charge in [-0.1, -0.05) is 19.9 Å². The van der Waals surface area contributed by atoms with E-state index < -0.39 is 10.0 Å². The van der Waals surface area contributed by atoms with Crippen LogP contribution in [0.3, 0.4) is 0 Å². The molecule has 6 nitrogen and oxygen atoms in total. The van der Waals surface area contributed by atoms with Crippen LogP contribution in [0.2, 0.25) is 0 Å². The fourth-order valence-corrected chi connectivity index (χ4v) is 2.85. The summed E-state index contributed by atoms with van der Waals surface area (Å²) in [6, 6.07) is 4.85. The molecule has 0 bridgehead atoms. The monoisotopic (exact) mass is 314 g/mol. The number of sulfonamides is 1. The molecule has 1 aromatic rings. The van der Waals surface area contributed by atoms with Gasteiger partial charge in [-0.2, -0.15) is 0 Å². The van der Waals surface area contributed by atoms with Crippen molar-refractivity contribution in [3.8, 4) is 5.75 Å². The molecule has 7 heteroatoms. The van der Waals surface area contributed by atoms with E-state index in [1.807, 2.05) is 13.8 Å². The standard InChI is InChI=1S/C14H22N2O4S/c1-10(2)8-15-14(17)9-16-21(18,19)13-7-11(3)5-6-12(13)20-4/h5-7,10,16H,8-9H2,1-4H3,(H,15,17). The fraction of sp³-hybridized carbons (Fsp3) is 0.500. The molecule has 0 saturated heterocycles. The predicted molar refractivity (Wildman–Crippen MR) is 80.8 cm³/mol. The first-order valence-corrected chi connectivity index (χ1v) is 8.15. The average molecular weight is 314 g/mol. The van der Waals surface area contributed by atoms with E-state index in [0.29, 0.717) is 12.5 Å². The Bertz CT molecular complexity index is 597. The number of nitrogens with one attached hydrogen (secondary N) is 2. The van der Waals surface area contributed by atoms with Crippen LogP contribution in [-0.2, 0) is 14.8 Å². The van der Waals surface area contributed by atoms with Crippen molar-refractivity contribution in [3.05, 3.63) is 23.8 Å². The molecule has 0 radical (unpaired) electrons. The van der Waals surface area contributed by atoms with Gasteiger partial charge in [-0.05, 0) is 30.5 Å². The van der Waals surface area contributed by atoms with Crippen LogP contribution in [0, 0.1) is 12.8 Å². The molecule has 1 amide bonds. The van der Waals surface area contributed by atoms with E-state index in [-0.39, 0.29) is 23.1 Å². The number of carbonyl (C=O) groups is 1. The molecule has 1 rings (SSSR count). The topological polar surface area (TPSA) is 84.5 Å². The summed E-state index contributed by atoms with van der Waals surface area (Å²) in [5, 5.41) is 2.65. The van der Waals surface area contributed by atoms with Crippen molar-refractivity contribution >= 4 is 15.9 Å². The van der Waals surface area contributed by atoms with Gasteiger partial charge in [0.05, 0.1) is 13.7 Å². The van der Waals surface area contributed by atoms with Crippen molar-refractivity contribution in [1.29, 1.82) is 0 Å². The third kappa shape index (κ3) is 5.35. The molecule has 1 aromatic carbocycles. The van der Waals surface area contributed by atoms with Crippen LogP contribution in [0.4, 0.5) is 0 Å². The lowest BCUT2D eigenvalue weighted by atomic mass is 10.2. The van der Waals surface area contributed by atoms with Gasteiger partial charge in [0.2, 0.25) is 15.9 Å². The van der Waals surface area contributed by atoms with Crippen LogP contribution in [0.1, 0.15) is 19.4 Å². The second kappa shape index (κ2) is 7.42. The van der Waals surface area contributed by atoms with Gasteiger partial charge in [-0.25, -0.2) is 13.1 Å². The molecular weight excluding hydrogens is 292 g/mol. The quantitative estimate of drug-likeness (QED) is 0.788. The number of hydrogen-bond donors (Lipinski definition) is 2. The molecule has 0 heterocycles. The van der Waals surface area contributed by atoms with Gasteiger partial charge in [0.25, 0.3) is 0 Å². The molecule has 0 unspecified atom stereocenters. The predicted octanol–water partition coefficient (Wildman–Crippen LogP) is 1.05. The zero-order chi connectivity index (χ0) is 16.0. The van der Waals surface area contributed by atoms with Crippen molar-refractivity contribution in [3.63, 3.8) is 0 Å². The molecule has 118 valence electrons. The largest absolute Gasteiger partial charge is 0.495 e. The second-order valence-electron chi connectivity index (χ2n) is 5.18. The van der Waals surface area contributed by atoms with E-state index in [0.717, 1.165) is 5.56 Å². The molecule has 0 saturated carbocycles. The Hall–Kier alpha value is -1.60. The first-order valence-electron chi connectivity index (χ1n) is 6.67. The van der Waals surface area contributed by atoms with Crippen molar-refractivity contribution < 1.29 is 17.9 Å². The molecule has 0 fully saturated rings. The first kappa shape index (κ1) is 17.5. The highest BCUT2D eigenvalue weighted by atomic mass is 32.2. The average Bonchev–Trinajstić information content (AvgIpc) is 2.43. The lowest BCUT2D eigenvalue weighted by Gasteiger charge is -2.12. The summed E-state index contributed by atoms with van der Waals surface area (Å²) in [5.74, 6) is 0.192. The maximum atomic E-state index is 12.2. The van der Waals surface area contributed by atoms with Crippen molar-refractivity contribution in [2.45, 2.75) is 25.7 Å². The molecule has 21 heavy (non-hydrogen) atoms. The van der Waals surface area contributed by atoms with E-state index in [9.17, 15) is 13.2 Å². The zero-order valence-corrected chi connectivity index (χ0v) is 13.6. The number of amides is 1. The van der Waals surface area contributed by atoms with E-state index in [2.05, 4.69) is 10.0 Å². The van der Waals surface area contributed by atoms with E-state index in [1.54, 1.807) is 19.1 Å². The number of benzene rings is 1. The molecule has 0 spiro atoms. The van der Waals surface area contributed by atoms with Crippen molar-refractivity contribution in [2.75, 3.05) is 20.2 Å². The summed E-state index contributed by atoms with van der Waals surface area (Å²) >= 11 is 0. The van der Waals surface area contributed by atoms with Gasteiger partial charge in [0.1, 0.15) is 10.6 Å². The van der Waals surface area contributed by atoms with Crippen molar-refractivity contribution in [1.82, 2.24) is 10.0 Å². The highest BCUT2D eigenvalue weighted by molar-refractivity contribution is 7.89. The summed E-state index contributed by atoms with van der Waals surface area (Å²) in [5.41, 5.74) is 0.792. The normalized spacial score (nSPS) is 11.5. The summed E-state index contributed by atoms with van der Waals surface area (Å²) in [7, 11) is -2.39. The molecule has 0 atom stereocenters. The van der Waals surface area contributed by atoms with Gasteiger partial charge < -0.3 is 10.1 Å². The third-order valence-electron chi connectivity index (χ3n) is 2.74. The molecule has 2 N–H and O–H groups in total. The van der Waals surface area contributed by atoms with Gasteiger partial charge in [-0.15, -0.1) is 0 Å². The van der Waals surface area contributed by atoms with E-state index in [1.165, 1.54) is 13.2 Å². The fourth-order valence-electron chi connectivity index (χ4n) is 1.61. The van der Waals surface area contributed by atoms with Crippen LogP contribution in [-0.4, -0.2) is 34.5 Å². The summed E-state index contributed by atoms with van der Waals surface area (Å²) in [4.78, 5) is 11.6. The number of rotatable bonds is 7. The number of carbonyl (C=O) groups excluding carboxylic acids is 1. The minimum absolute atomic E-state index is 0.0293. The smallest absolute Gasteiger partial charge is 0.244 e. The number of hydrogen-bond acceptors (Lipinski definition) is 4. The Morgan fingerprint density at radius 1 is 1.33 bits per heavy atom. The van der Waals surface area contributed by atoms with Crippen LogP contribution in [0.25, 0.3) is 0 Å². The molecule has 0 aromatic heterocycles. The van der Waals surface area contributed by atoms with Gasteiger partial charge in [0.15, 0.2) is 0 Å². The SMILES string of the molecule is COc1ccc(C)cc1S(=O)(=O)NCC(=O)NCC(C)C. The molecular formula is C14H22N2O4S. The van der Waals surface area contributed by atoms with Crippen LogP contribution >= 0.6 is 0 Å². The van der Waals surface area contributed by atoms with E-state index >= 15 is 0 Å². The van der Waals surface area contributed by atoms with Crippen LogP contribution < -0.4 is 14.8 Å². The van der Waals surface area contributed by atoms with Crippen molar-refractivity contribution in [2.24, 2.45) is 5.92 Å². The highest BCUT2D eigenvalue weighted by Gasteiger charge is 2.20. The number of aryl methyl sites for hydroxylation is 1. The minimum atomic E-state index is -3.79. The lowest BCUT2D eigenvalue weighted by molar-refractivity contribution is -0.120. The summed E-state index contributed by atoms with van der Waals surface area (Å²) in [6.45, 7) is 5.92. The first-order chi connectivity index (χ1) is 9.76. The van der Waals surface area contributed by atoms with Gasteiger partial charge in [0, 0.05) is 6.54 Å². The third-order valence-corrected chi connectivity index (χ3v) is 4.16. The Kier molecular flexibility index (Phi) is 6.17. The minimum Gasteiger partial charge on any atom is -0.495 e. The lowest BCUT2D eigenvalue weighted by Crippen LogP contribution is -2.38. The Labute approximate surface area is 125 Å². The van der Waals surface area contributed by atoms with Gasteiger partial charge in [-0.3, -0.25) is 4.79 Å². The molecule has 0 aliphatic heterocycles. The summed E-state index contributed by atoms with van der Waals surface area (Å²) < 4.78 is 31.8. The second-order valence-corrected chi connectivity index (χ2v) is 6.91. The zero-order valence-electron chi connectivity index (χ0n) is 12.8. The Morgan fingerprint density at radius 2 is 2.00 bits per heavy atom. The number of ether oxygens (including phenoxy) is 1. The van der Waals surface area contributed by atoms with Crippen LogP contribution in [0.15, 0.2) is 23.1 Å². The molecule has 0 aliphatic carbocycles. The van der Waals surface area contributed by atoms with Gasteiger partial charge >= 0.3 is 0 Å². The van der Waals surface area contributed by atoms with Crippen LogP contribution in [0.5, 0.6) is 5.75 Å². The highest BCUT2D eigenvalue weighted by Crippen LogP contribution is 2.24. The number of methoxy groups -OCH3 is 1. The Morgan fingerprint density at radius 3 is 2.57 bits per heavy atom. The molecule has 0 aliphatic rings. The maximum absolute atomic E-state index is 12.2. The van der Waals surface area contributed by atoms with E-state index in [4.69, 9.17) is 4.74 Å².